The fraction of sp³-hybridized carbons (Fsp3) is 0.750. The number of hydrogen-bond donors (Lipinski definition) is 6. The molecule has 0 spiro atoms. The van der Waals surface area contributed by atoms with Crippen molar-refractivity contribution in [2.75, 3.05) is 13.2 Å². The van der Waals surface area contributed by atoms with Gasteiger partial charge < -0.3 is 40.3 Å². The quantitative estimate of drug-likeness (QED) is 0.0261. The number of nitrogens with one attached hydrogen (secondary N) is 1. The second-order valence-electron chi connectivity index (χ2n) is 24.3. The predicted octanol–water partition coefficient (Wildman–Crippen LogP) is 19.6. The van der Waals surface area contributed by atoms with Crippen LogP contribution >= 0.6 is 0 Å². The van der Waals surface area contributed by atoms with Gasteiger partial charge in [-0.2, -0.15) is 0 Å². The van der Waals surface area contributed by atoms with E-state index in [0.29, 0.717) is 6.42 Å². The number of carbonyl (C=O) groups excluding carboxylic acids is 1. The highest BCUT2D eigenvalue weighted by atomic mass is 16.7. The van der Waals surface area contributed by atoms with Gasteiger partial charge in [0, 0.05) is 6.42 Å². The van der Waals surface area contributed by atoms with Crippen LogP contribution in [0.1, 0.15) is 309 Å². The van der Waals surface area contributed by atoms with Crippen LogP contribution in [0.4, 0.5) is 0 Å². The molecule has 1 aliphatic rings. The molecular formula is C76H133NO8. The summed E-state index contributed by atoms with van der Waals surface area (Å²) in [5.74, 6) is -0.197. The first kappa shape index (κ1) is 79.9. The molecule has 0 saturated carbocycles. The molecule has 1 rings (SSSR count). The Kier molecular flexibility index (Phi) is 60.0. The molecule has 9 heteroatoms. The summed E-state index contributed by atoms with van der Waals surface area (Å²) in [5.41, 5.74) is 0. The van der Waals surface area contributed by atoms with Gasteiger partial charge in [-0.3, -0.25) is 4.79 Å². The van der Waals surface area contributed by atoms with E-state index in [2.05, 4.69) is 116 Å². The average molecular weight is 1190 g/mol. The third-order valence-electron chi connectivity index (χ3n) is 16.3. The number of rotatable bonds is 61. The summed E-state index contributed by atoms with van der Waals surface area (Å²) in [4.78, 5) is 13.1. The Balaban J connectivity index is 2.18. The molecule has 0 radical (unpaired) electrons. The molecule has 9 nitrogen and oxygen atoms in total. The Labute approximate surface area is 523 Å². The summed E-state index contributed by atoms with van der Waals surface area (Å²) >= 11 is 0. The van der Waals surface area contributed by atoms with Crippen LogP contribution in [0.25, 0.3) is 0 Å². The summed E-state index contributed by atoms with van der Waals surface area (Å²) < 4.78 is 11.3. The Morgan fingerprint density at radius 1 is 0.412 bits per heavy atom. The summed E-state index contributed by atoms with van der Waals surface area (Å²) in [5, 5.41) is 54.7. The van der Waals surface area contributed by atoms with Gasteiger partial charge in [-0.15, -0.1) is 0 Å². The van der Waals surface area contributed by atoms with Gasteiger partial charge in [0.2, 0.25) is 5.91 Å². The highest BCUT2D eigenvalue weighted by Gasteiger charge is 2.44. The van der Waals surface area contributed by atoms with Crippen molar-refractivity contribution < 1.29 is 39.8 Å². The largest absolute Gasteiger partial charge is 0.394 e. The fourth-order valence-corrected chi connectivity index (χ4v) is 10.8. The van der Waals surface area contributed by atoms with Crippen molar-refractivity contribution in [3.63, 3.8) is 0 Å². The number of hydrogen-bond acceptors (Lipinski definition) is 8. The van der Waals surface area contributed by atoms with Crippen LogP contribution in [-0.2, 0) is 14.3 Å². The number of aliphatic hydroxyl groups is 5. The Hall–Kier alpha value is -3.15. The van der Waals surface area contributed by atoms with Crippen molar-refractivity contribution in [3.05, 3.63) is 109 Å². The molecule has 7 atom stereocenters. The van der Waals surface area contributed by atoms with E-state index in [4.69, 9.17) is 9.47 Å². The number of aliphatic hydroxyl groups excluding tert-OH is 5. The van der Waals surface area contributed by atoms with E-state index in [1.54, 1.807) is 6.08 Å². The third kappa shape index (κ3) is 52.5. The predicted molar refractivity (Wildman–Crippen MR) is 364 cm³/mol. The number of unbranched alkanes of at least 4 members (excludes halogenated alkanes) is 35. The normalized spacial score (nSPS) is 18.8. The van der Waals surface area contributed by atoms with Crippen molar-refractivity contribution in [3.8, 4) is 0 Å². The van der Waals surface area contributed by atoms with Crippen molar-refractivity contribution in [1.82, 2.24) is 5.32 Å². The number of carbonyl (C=O) groups is 1. The number of allylic oxidation sites excluding steroid dienone is 17. The van der Waals surface area contributed by atoms with E-state index >= 15 is 0 Å². The molecule has 85 heavy (non-hydrogen) atoms. The molecule has 7 unspecified atom stereocenters. The maximum absolute atomic E-state index is 13.1. The minimum atomic E-state index is -1.58. The molecule has 0 aromatic heterocycles. The molecule has 0 aromatic carbocycles. The molecule has 0 bridgehead atoms. The topological polar surface area (TPSA) is 149 Å². The van der Waals surface area contributed by atoms with Crippen molar-refractivity contribution in [2.45, 2.75) is 352 Å². The van der Waals surface area contributed by atoms with E-state index in [-0.39, 0.29) is 12.5 Å². The Morgan fingerprint density at radius 2 is 0.741 bits per heavy atom. The first-order chi connectivity index (χ1) is 41.8. The minimum absolute atomic E-state index is 0.197. The summed E-state index contributed by atoms with van der Waals surface area (Å²) in [7, 11) is 0. The van der Waals surface area contributed by atoms with Gasteiger partial charge in [0.05, 0.1) is 25.4 Å². The van der Waals surface area contributed by atoms with Crippen LogP contribution in [0.3, 0.4) is 0 Å². The van der Waals surface area contributed by atoms with Crippen molar-refractivity contribution >= 4 is 5.91 Å². The Bertz CT molecular complexity index is 1710. The lowest BCUT2D eigenvalue weighted by Gasteiger charge is -2.40. The smallest absolute Gasteiger partial charge is 0.220 e. The van der Waals surface area contributed by atoms with Gasteiger partial charge in [0.1, 0.15) is 24.4 Å². The molecule has 490 valence electrons. The fourth-order valence-electron chi connectivity index (χ4n) is 10.8. The summed E-state index contributed by atoms with van der Waals surface area (Å²) in [6.07, 6.45) is 87.7. The first-order valence-electron chi connectivity index (χ1n) is 35.6. The lowest BCUT2D eigenvalue weighted by Crippen LogP contribution is -2.60. The molecule has 6 N–H and O–H groups in total. The zero-order valence-corrected chi connectivity index (χ0v) is 54.8. The first-order valence-corrected chi connectivity index (χ1v) is 35.6. The van der Waals surface area contributed by atoms with Crippen LogP contribution in [0.15, 0.2) is 109 Å². The molecule has 1 amide bonds. The zero-order chi connectivity index (χ0) is 61.4. The van der Waals surface area contributed by atoms with Gasteiger partial charge in [0.15, 0.2) is 6.29 Å². The van der Waals surface area contributed by atoms with Crippen LogP contribution < -0.4 is 5.32 Å². The maximum atomic E-state index is 13.1. The molecular weight excluding hydrogens is 1050 g/mol. The second-order valence-corrected chi connectivity index (χ2v) is 24.3. The van der Waals surface area contributed by atoms with E-state index in [1.165, 1.54) is 193 Å². The van der Waals surface area contributed by atoms with E-state index in [1.807, 2.05) is 6.08 Å². The van der Waals surface area contributed by atoms with Gasteiger partial charge >= 0.3 is 0 Å². The van der Waals surface area contributed by atoms with Crippen LogP contribution in [-0.4, -0.2) is 87.5 Å². The lowest BCUT2D eigenvalue weighted by atomic mass is 9.99. The number of ether oxygens (including phenoxy) is 2. The number of amides is 1. The zero-order valence-electron chi connectivity index (χ0n) is 54.8. The van der Waals surface area contributed by atoms with Gasteiger partial charge in [-0.05, 0) is 96.3 Å². The molecule has 1 fully saturated rings. The maximum Gasteiger partial charge on any atom is 0.220 e. The average Bonchev–Trinajstić information content (AvgIpc) is 3.56. The molecule has 0 aromatic rings. The highest BCUT2D eigenvalue weighted by Crippen LogP contribution is 2.23. The van der Waals surface area contributed by atoms with Gasteiger partial charge in [-0.25, -0.2) is 0 Å². The van der Waals surface area contributed by atoms with E-state index in [0.717, 1.165) is 96.3 Å². The van der Waals surface area contributed by atoms with Crippen molar-refractivity contribution in [2.24, 2.45) is 0 Å². The third-order valence-corrected chi connectivity index (χ3v) is 16.3. The van der Waals surface area contributed by atoms with Crippen LogP contribution in [0.2, 0.25) is 0 Å². The lowest BCUT2D eigenvalue weighted by molar-refractivity contribution is -0.302. The Morgan fingerprint density at radius 3 is 1.13 bits per heavy atom. The summed E-state index contributed by atoms with van der Waals surface area (Å²) in [6.45, 7) is 3.67. The van der Waals surface area contributed by atoms with E-state index < -0.39 is 49.5 Å². The van der Waals surface area contributed by atoms with Gasteiger partial charge in [0.25, 0.3) is 0 Å². The minimum Gasteiger partial charge on any atom is -0.394 e. The SMILES string of the molecule is CC/C=C\C/C=C\C/C=C\C/C=C\C/C=C\C/C=C\CCCCCCCCCCCCC(=O)NC(COC1OC(CO)C(O)C(O)C1O)C(O)/C=C/CC/C=C/CC/C=C/CCCCCCCCCCCCCCCCCCCCCCCCC. The summed E-state index contributed by atoms with van der Waals surface area (Å²) in [6, 6.07) is -0.840. The van der Waals surface area contributed by atoms with E-state index in [9.17, 15) is 30.3 Å². The van der Waals surface area contributed by atoms with Crippen molar-refractivity contribution in [1.29, 1.82) is 0 Å². The highest BCUT2D eigenvalue weighted by molar-refractivity contribution is 5.76. The molecule has 1 heterocycles. The second kappa shape index (κ2) is 63.9. The molecule has 0 aliphatic carbocycles. The molecule has 1 aliphatic heterocycles. The van der Waals surface area contributed by atoms with Crippen LogP contribution in [0.5, 0.6) is 0 Å². The monoisotopic (exact) mass is 1190 g/mol. The molecule has 1 saturated heterocycles. The standard InChI is InChI=1S/C76H133NO8/c1-3-5-7-9-11-13-15-17-19-21-23-25-27-29-31-33-34-35-36-38-39-41-43-45-47-49-51-53-55-57-59-61-63-65-70(79)69(68-84-76-75(83)74(82)73(81)71(67-78)85-76)77-72(80)66-64-62-60-58-56-54-52-50-48-46-44-42-40-37-32-30-28-26-24-22-20-18-16-14-12-10-8-6-4-2/h6,8,12,14,18,20,24,26,30,32,40,42,47,49,55,57,63,65,69-71,73-76,78-79,81-83H,3-5,7,9-11,13,15-17,19,21-23,25,27-29,31,33-39,41,43-46,48,50-54,56,58-62,64,66-68H2,1-2H3,(H,77,80)/b8-6-,14-12-,20-18-,26-24-,32-30-,42-40-,49-47+,57-55+,65-63+. The van der Waals surface area contributed by atoms with Crippen LogP contribution in [0, 0.1) is 0 Å². The van der Waals surface area contributed by atoms with Gasteiger partial charge in [-0.1, -0.05) is 316 Å².